The van der Waals surface area contributed by atoms with Gasteiger partial charge in [-0.2, -0.15) is 0 Å². The minimum atomic E-state index is -1.33. The van der Waals surface area contributed by atoms with Crippen molar-refractivity contribution in [3.05, 3.63) is 95.6 Å². The first kappa shape index (κ1) is 23.0. The molecular formula is C27H25NO6. The standard InChI is InChI=1S/C27H25NO6/c29-25(30)15-14-24(26(31)32)28(16-18-8-2-1-3-9-18)27(33)34-17-23-21-12-6-4-10-19(21)20-11-5-7-13-22(20)23/h1-13,23-24H,14-17H2,(H,29,30)(H,31,32). The number of carbonyl (C=O) groups is 3. The molecule has 0 heterocycles. The lowest BCUT2D eigenvalue weighted by molar-refractivity contribution is -0.144. The van der Waals surface area contributed by atoms with Crippen LogP contribution in [0.15, 0.2) is 78.9 Å². The average molecular weight is 459 g/mol. The van der Waals surface area contributed by atoms with E-state index >= 15 is 0 Å². The van der Waals surface area contributed by atoms with Crippen LogP contribution in [0.5, 0.6) is 0 Å². The van der Waals surface area contributed by atoms with Crippen molar-refractivity contribution < 1.29 is 29.3 Å². The van der Waals surface area contributed by atoms with Crippen molar-refractivity contribution in [1.82, 2.24) is 4.90 Å². The van der Waals surface area contributed by atoms with E-state index in [0.717, 1.165) is 32.7 Å². The molecule has 1 aliphatic rings. The molecule has 0 bridgehead atoms. The van der Waals surface area contributed by atoms with Gasteiger partial charge in [0.1, 0.15) is 12.6 Å². The molecule has 3 aromatic rings. The second-order valence-electron chi connectivity index (χ2n) is 8.20. The summed E-state index contributed by atoms with van der Waals surface area (Å²) in [7, 11) is 0. The summed E-state index contributed by atoms with van der Waals surface area (Å²) in [4.78, 5) is 37.4. The predicted octanol–water partition coefficient (Wildman–Crippen LogP) is 4.76. The highest BCUT2D eigenvalue weighted by Crippen LogP contribution is 2.44. The molecule has 1 amide bonds. The summed E-state index contributed by atoms with van der Waals surface area (Å²) in [6, 6.07) is 23.5. The third-order valence-electron chi connectivity index (χ3n) is 6.06. The van der Waals surface area contributed by atoms with E-state index < -0.39 is 24.1 Å². The van der Waals surface area contributed by atoms with E-state index in [4.69, 9.17) is 9.84 Å². The Hall–Kier alpha value is -4.13. The molecule has 0 aromatic heterocycles. The van der Waals surface area contributed by atoms with Gasteiger partial charge in [-0.05, 0) is 34.2 Å². The van der Waals surface area contributed by atoms with Crippen molar-refractivity contribution in [1.29, 1.82) is 0 Å². The quantitative estimate of drug-likeness (QED) is 0.478. The highest BCUT2D eigenvalue weighted by molar-refractivity contribution is 5.81. The first-order valence-corrected chi connectivity index (χ1v) is 11.1. The van der Waals surface area contributed by atoms with E-state index in [9.17, 15) is 19.5 Å². The summed E-state index contributed by atoms with van der Waals surface area (Å²) in [5.41, 5.74) is 4.99. The molecular weight excluding hydrogens is 434 g/mol. The number of carbonyl (C=O) groups excluding carboxylic acids is 1. The molecule has 1 aliphatic carbocycles. The zero-order valence-corrected chi connectivity index (χ0v) is 18.5. The molecule has 0 radical (unpaired) electrons. The lowest BCUT2D eigenvalue weighted by atomic mass is 9.98. The number of fused-ring (bicyclic) bond motifs is 3. The van der Waals surface area contributed by atoms with E-state index in [0.29, 0.717) is 0 Å². The maximum Gasteiger partial charge on any atom is 0.410 e. The lowest BCUT2D eigenvalue weighted by Gasteiger charge is -2.29. The van der Waals surface area contributed by atoms with Crippen LogP contribution >= 0.6 is 0 Å². The number of nitrogens with zero attached hydrogens (tertiary/aromatic N) is 1. The van der Waals surface area contributed by atoms with Crippen LogP contribution in [0.25, 0.3) is 11.1 Å². The molecule has 0 fully saturated rings. The highest BCUT2D eigenvalue weighted by Gasteiger charge is 2.34. The van der Waals surface area contributed by atoms with Crippen molar-refractivity contribution >= 4 is 18.0 Å². The normalized spacial score (nSPS) is 12.9. The van der Waals surface area contributed by atoms with Gasteiger partial charge >= 0.3 is 18.0 Å². The number of carboxylic acid groups (broad SMARTS) is 2. The summed E-state index contributed by atoms with van der Waals surface area (Å²) in [5.74, 6) is -2.57. The fourth-order valence-electron chi connectivity index (χ4n) is 4.43. The molecule has 0 spiro atoms. The van der Waals surface area contributed by atoms with Gasteiger partial charge in [0, 0.05) is 18.9 Å². The molecule has 3 aromatic carbocycles. The Morgan fingerprint density at radius 3 is 1.94 bits per heavy atom. The van der Waals surface area contributed by atoms with E-state index in [1.807, 2.05) is 54.6 Å². The van der Waals surface area contributed by atoms with Crippen LogP contribution in [-0.2, 0) is 20.9 Å². The first-order valence-electron chi connectivity index (χ1n) is 11.1. The molecule has 2 N–H and O–H groups in total. The van der Waals surface area contributed by atoms with Crippen LogP contribution in [0.4, 0.5) is 4.79 Å². The number of rotatable bonds is 9. The number of benzene rings is 3. The summed E-state index contributed by atoms with van der Waals surface area (Å²) in [5, 5.41) is 18.8. The van der Waals surface area contributed by atoms with Crippen LogP contribution in [0, 0.1) is 0 Å². The van der Waals surface area contributed by atoms with Gasteiger partial charge in [0.15, 0.2) is 0 Å². The second kappa shape index (κ2) is 10.2. The minimum absolute atomic E-state index is 0.00585. The molecule has 7 heteroatoms. The third-order valence-corrected chi connectivity index (χ3v) is 6.06. The van der Waals surface area contributed by atoms with E-state index in [1.165, 1.54) is 0 Å². The van der Waals surface area contributed by atoms with Gasteiger partial charge < -0.3 is 14.9 Å². The zero-order valence-electron chi connectivity index (χ0n) is 18.5. The summed E-state index contributed by atoms with van der Waals surface area (Å²) in [6.45, 7) is 0.0392. The minimum Gasteiger partial charge on any atom is -0.481 e. The van der Waals surface area contributed by atoms with Gasteiger partial charge in [-0.15, -0.1) is 0 Å². The summed E-state index contributed by atoms with van der Waals surface area (Å²) < 4.78 is 5.69. The monoisotopic (exact) mass is 459 g/mol. The number of hydrogen-bond donors (Lipinski definition) is 2. The van der Waals surface area contributed by atoms with Gasteiger partial charge in [0.05, 0.1) is 0 Å². The lowest BCUT2D eigenvalue weighted by Crippen LogP contribution is -2.45. The number of amides is 1. The van der Waals surface area contributed by atoms with E-state index in [2.05, 4.69) is 0 Å². The Morgan fingerprint density at radius 1 is 0.824 bits per heavy atom. The third kappa shape index (κ3) is 4.93. The van der Waals surface area contributed by atoms with Crippen molar-refractivity contribution in [3.63, 3.8) is 0 Å². The first-order chi connectivity index (χ1) is 16.5. The molecule has 0 aliphatic heterocycles. The van der Waals surface area contributed by atoms with Gasteiger partial charge in [-0.1, -0.05) is 78.9 Å². The number of ether oxygens (including phenoxy) is 1. The van der Waals surface area contributed by atoms with Crippen LogP contribution < -0.4 is 0 Å². The number of carboxylic acids is 2. The molecule has 7 nitrogen and oxygen atoms in total. The van der Waals surface area contributed by atoms with E-state index in [1.54, 1.807) is 24.3 Å². The topological polar surface area (TPSA) is 104 Å². The molecule has 34 heavy (non-hydrogen) atoms. The van der Waals surface area contributed by atoms with Crippen LogP contribution in [0.1, 0.15) is 35.4 Å². The zero-order chi connectivity index (χ0) is 24.1. The summed E-state index contributed by atoms with van der Waals surface area (Å²) >= 11 is 0. The van der Waals surface area contributed by atoms with Crippen LogP contribution in [-0.4, -0.2) is 45.8 Å². The highest BCUT2D eigenvalue weighted by atomic mass is 16.6. The van der Waals surface area contributed by atoms with E-state index in [-0.39, 0.29) is 31.9 Å². The van der Waals surface area contributed by atoms with Crippen molar-refractivity contribution in [3.8, 4) is 11.1 Å². The Kier molecular flexibility index (Phi) is 6.92. The molecule has 0 saturated heterocycles. The Balaban J connectivity index is 1.57. The smallest absolute Gasteiger partial charge is 0.410 e. The maximum absolute atomic E-state index is 13.2. The molecule has 4 rings (SSSR count). The van der Waals surface area contributed by atoms with Crippen LogP contribution in [0.2, 0.25) is 0 Å². The maximum atomic E-state index is 13.2. The Morgan fingerprint density at radius 2 is 1.38 bits per heavy atom. The largest absolute Gasteiger partial charge is 0.481 e. The van der Waals surface area contributed by atoms with Gasteiger partial charge in [0.25, 0.3) is 0 Å². The second-order valence-corrected chi connectivity index (χ2v) is 8.20. The molecule has 1 unspecified atom stereocenters. The molecule has 1 atom stereocenters. The van der Waals surface area contributed by atoms with Gasteiger partial charge in [0.2, 0.25) is 0 Å². The Labute approximate surface area is 197 Å². The van der Waals surface area contributed by atoms with Gasteiger partial charge in [-0.3, -0.25) is 9.69 Å². The predicted molar refractivity (Wildman–Crippen MR) is 125 cm³/mol. The average Bonchev–Trinajstić information content (AvgIpc) is 3.16. The van der Waals surface area contributed by atoms with Crippen LogP contribution in [0.3, 0.4) is 0 Å². The fourth-order valence-corrected chi connectivity index (χ4v) is 4.43. The fraction of sp³-hybridized carbons (Fsp3) is 0.222. The van der Waals surface area contributed by atoms with Crippen molar-refractivity contribution in [2.45, 2.75) is 31.3 Å². The molecule has 174 valence electrons. The van der Waals surface area contributed by atoms with Crippen molar-refractivity contribution in [2.75, 3.05) is 6.61 Å². The van der Waals surface area contributed by atoms with Crippen molar-refractivity contribution in [2.24, 2.45) is 0 Å². The summed E-state index contributed by atoms with van der Waals surface area (Å²) in [6.07, 6.45) is -1.39. The number of hydrogen-bond acceptors (Lipinski definition) is 4. The Bertz CT molecular complexity index is 1150. The number of aliphatic carboxylic acids is 2. The SMILES string of the molecule is O=C(O)CCC(C(=O)O)N(Cc1ccccc1)C(=O)OCC1c2ccccc2-c2ccccc21. The van der Waals surface area contributed by atoms with Gasteiger partial charge in [-0.25, -0.2) is 9.59 Å². The molecule has 0 saturated carbocycles.